The summed E-state index contributed by atoms with van der Waals surface area (Å²) in [7, 11) is 0. The number of Topliss-reactive ketones (excluding diaryl/α,β-unsaturated/α-hetero) is 1. The van der Waals surface area contributed by atoms with E-state index in [0.717, 1.165) is 0 Å². The SMILES string of the molecule is CC1C(O)CC2C1C1C(CC(=O)C2(C)O)C1(C)CO. The van der Waals surface area contributed by atoms with Gasteiger partial charge in [-0.25, -0.2) is 0 Å². The first-order valence-electron chi connectivity index (χ1n) is 7.29. The molecule has 0 amide bonds. The Labute approximate surface area is 113 Å². The molecule has 0 aromatic carbocycles. The molecule has 0 heterocycles. The fraction of sp³-hybridized carbons (Fsp3) is 0.933. The fourth-order valence-electron chi connectivity index (χ4n) is 5.04. The molecule has 0 radical (unpaired) electrons. The normalized spacial score (nSPS) is 60.4. The largest absolute Gasteiger partial charge is 0.396 e. The summed E-state index contributed by atoms with van der Waals surface area (Å²) in [4.78, 5) is 12.3. The van der Waals surface area contributed by atoms with E-state index >= 15 is 0 Å². The average Bonchev–Trinajstić information content (AvgIpc) is 2.82. The van der Waals surface area contributed by atoms with Crippen LogP contribution in [0.4, 0.5) is 0 Å². The van der Waals surface area contributed by atoms with Crippen molar-refractivity contribution >= 4 is 5.78 Å². The first-order chi connectivity index (χ1) is 8.75. The Hall–Kier alpha value is -0.450. The van der Waals surface area contributed by atoms with E-state index in [1.165, 1.54) is 0 Å². The van der Waals surface area contributed by atoms with Crippen LogP contribution in [-0.2, 0) is 4.79 Å². The van der Waals surface area contributed by atoms with Gasteiger partial charge in [0.05, 0.1) is 6.10 Å². The lowest BCUT2D eigenvalue weighted by Gasteiger charge is -2.34. The van der Waals surface area contributed by atoms with Gasteiger partial charge in [-0.05, 0) is 42.4 Å². The van der Waals surface area contributed by atoms with E-state index in [1.807, 2.05) is 13.8 Å². The summed E-state index contributed by atoms with van der Waals surface area (Å²) in [5.41, 5.74) is -1.52. The van der Waals surface area contributed by atoms with E-state index in [2.05, 4.69) is 0 Å². The number of hydrogen-bond donors (Lipinski definition) is 3. The fourth-order valence-corrected chi connectivity index (χ4v) is 5.04. The van der Waals surface area contributed by atoms with Crippen molar-refractivity contribution in [2.24, 2.45) is 35.0 Å². The molecule has 3 saturated carbocycles. The van der Waals surface area contributed by atoms with Gasteiger partial charge < -0.3 is 15.3 Å². The lowest BCUT2D eigenvalue weighted by molar-refractivity contribution is -0.143. The van der Waals surface area contributed by atoms with Crippen LogP contribution < -0.4 is 0 Å². The molecule has 3 N–H and O–H groups in total. The van der Waals surface area contributed by atoms with Gasteiger partial charge in [0.1, 0.15) is 5.60 Å². The first kappa shape index (κ1) is 13.5. The Kier molecular flexibility index (Phi) is 2.71. The Morgan fingerprint density at radius 2 is 1.95 bits per heavy atom. The molecule has 108 valence electrons. The smallest absolute Gasteiger partial charge is 0.164 e. The first-order valence-corrected chi connectivity index (χ1v) is 7.29. The van der Waals surface area contributed by atoms with Gasteiger partial charge in [-0.15, -0.1) is 0 Å². The second-order valence-corrected chi connectivity index (χ2v) is 7.42. The van der Waals surface area contributed by atoms with Crippen molar-refractivity contribution in [3.63, 3.8) is 0 Å². The number of fused-ring (bicyclic) bond motifs is 3. The van der Waals surface area contributed by atoms with Crippen LogP contribution in [0.3, 0.4) is 0 Å². The maximum Gasteiger partial charge on any atom is 0.164 e. The van der Waals surface area contributed by atoms with Gasteiger partial charge in [0.25, 0.3) is 0 Å². The van der Waals surface area contributed by atoms with Gasteiger partial charge in [-0.3, -0.25) is 4.79 Å². The van der Waals surface area contributed by atoms with Crippen molar-refractivity contribution in [1.29, 1.82) is 0 Å². The molecule has 3 rings (SSSR count). The van der Waals surface area contributed by atoms with Crippen LogP contribution in [0.5, 0.6) is 0 Å². The second-order valence-electron chi connectivity index (χ2n) is 7.42. The van der Waals surface area contributed by atoms with Crippen LogP contribution in [0.25, 0.3) is 0 Å². The number of ketones is 1. The summed E-state index contributed by atoms with van der Waals surface area (Å²) < 4.78 is 0. The minimum Gasteiger partial charge on any atom is -0.396 e. The van der Waals surface area contributed by atoms with E-state index in [4.69, 9.17) is 0 Å². The molecule has 3 fully saturated rings. The van der Waals surface area contributed by atoms with Crippen molar-refractivity contribution in [2.45, 2.75) is 45.3 Å². The summed E-state index contributed by atoms with van der Waals surface area (Å²) in [6, 6.07) is 0. The highest BCUT2D eigenvalue weighted by atomic mass is 16.3. The Balaban J connectivity index is 2.02. The molecule has 8 atom stereocenters. The lowest BCUT2D eigenvalue weighted by Crippen LogP contribution is -2.45. The third kappa shape index (κ3) is 1.54. The van der Waals surface area contributed by atoms with E-state index in [-0.39, 0.29) is 47.4 Å². The summed E-state index contributed by atoms with van der Waals surface area (Å²) in [5, 5.41) is 30.4. The van der Waals surface area contributed by atoms with E-state index in [0.29, 0.717) is 12.8 Å². The van der Waals surface area contributed by atoms with E-state index in [1.54, 1.807) is 6.92 Å². The van der Waals surface area contributed by atoms with Gasteiger partial charge >= 0.3 is 0 Å². The second kappa shape index (κ2) is 3.80. The number of aliphatic hydroxyl groups excluding tert-OH is 2. The highest BCUT2D eigenvalue weighted by molar-refractivity contribution is 5.88. The van der Waals surface area contributed by atoms with Gasteiger partial charge in [0.15, 0.2) is 5.78 Å². The van der Waals surface area contributed by atoms with Crippen LogP contribution in [-0.4, -0.2) is 39.4 Å². The number of carbonyl (C=O) groups is 1. The van der Waals surface area contributed by atoms with Crippen LogP contribution in [0.2, 0.25) is 0 Å². The number of hydrogen-bond acceptors (Lipinski definition) is 4. The summed E-state index contributed by atoms with van der Waals surface area (Å²) in [5.74, 6) is 0.357. The summed E-state index contributed by atoms with van der Waals surface area (Å²) in [6.07, 6.45) is 0.413. The predicted molar refractivity (Wildman–Crippen MR) is 69.2 cm³/mol. The monoisotopic (exact) mass is 268 g/mol. The van der Waals surface area contributed by atoms with Gasteiger partial charge in [-0.2, -0.15) is 0 Å². The minimum atomic E-state index is -1.32. The number of aliphatic hydroxyl groups is 3. The van der Waals surface area contributed by atoms with Gasteiger partial charge in [-0.1, -0.05) is 13.8 Å². The predicted octanol–water partition coefficient (Wildman–Crippen LogP) is 0.588. The zero-order valence-electron chi connectivity index (χ0n) is 11.8. The van der Waals surface area contributed by atoms with Crippen LogP contribution in [0.1, 0.15) is 33.6 Å². The molecule has 8 unspecified atom stereocenters. The third-order valence-electron chi connectivity index (χ3n) is 6.55. The maximum absolute atomic E-state index is 12.3. The molecular formula is C15H24O4. The van der Waals surface area contributed by atoms with Crippen molar-refractivity contribution in [1.82, 2.24) is 0 Å². The summed E-state index contributed by atoms with van der Waals surface area (Å²) >= 11 is 0. The quantitative estimate of drug-likeness (QED) is 0.650. The van der Waals surface area contributed by atoms with Gasteiger partial charge in [0.2, 0.25) is 0 Å². The highest BCUT2D eigenvalue weighted by Crippen LogP contribution is 2.70. The van der Waals surface area contributed by atoms with Gasteiger partial charge in [0, 0.05) is 18.9 Å². The zero-order valence-corrected chi connectivity index (χ0v) is 11.8. The molecule has 3 aliphatic rings. The zero-order chi connectivity index (χ0) is 14.2. The van der Waals surface area contributed by atoms with Crippen LogP contribution in [0, 0.1) is 35.0 Å². The average molecular weight is 268 g/mol. The summed E-state index contributed by atoms with van der Waals surface area (Å²) in [6.45, 7) is 5.74. The Morgan fingerprint density at radius 1 is 1.32 bits per heavy atom. The van der Waals surface area contributed by atoms with E-state index < -0.39 is 11.7 Å². The Morgan fingerprint density at radius 3 is 2.53 bits per heavy atom. The van der Waals surface area contributed by atoms with Crippen molar-refractivity contribution in [2.75, 3.05) is 6.61 Å². The highest BCUT2D eigenvalue weighted by Gasteiger charge is 2.71. The molecular weight excluding hydrogens is 244 g/mol. The van der Waals surface area contributed by atoms with E-state index in [9.17, 15) is 20.1 Å². The molecule has 0 spiro atoms. The lowest BCUT2D eigenvalue weighted by atomic mass is 9.74. The molecule has 0 aromatic heterocycles. The van der Waals surface area contributed by atoms with Crippen molar-refractivity contribution in [3.8, 4) is 0 Å². The molecule has 0 bridgehead atoms. The molecule has 3 aliphatic carbocycles. The van der Waals surface area contributed by atoms with Crippen LogP contribution >= 0.6 is 0 Å². The molecule has 19 heavy (non-hydrogen) atoms. The van der Waals surface area contributed by atoms with Crippen molar-refractivity contribution in [3.05, 3.63) is 0 Å². The molecule has 0 aromatic rings. The van der Waals surface area contributed by atoms with Crippen LogP contribution in [0.15, 0.2) is 0 Å². The molecule has 4 nitrogen and oxygen atoms in total. The number of carbonyl (C=O) groups excluding carboxylic acids is 1. The Bertz CT molecular complexity index is 418. The maximum atomic E-state index is 12.3. The minimum absolute atomic E-state index is 0.0863. The topological polar surface area (TPSA) is 77.8 Å². The molecule has 0 saturated heterocycles. The molecule has 4 heteroatoms. The third-order valence-corrected chi connectivity index (χ3v) is 6.55. The van der Waals surface area contributed by atoms with Crippen molar-refractivity contribution < 1.29 is 20.1 Å². The number of rotatable bonds is 1. The molecule has 0 aliphatic heterocycles. The standard InChI is InChI=1S/C15H24O4/c1-7-10(17)4-8-12(7)13-9(14(13,2)6-16)5-11(18)15(8,3)19/h7-10,12-13,16-17,19H,4-6H2,1-3H3.